The van der Waals surface area contributed by atoms with Gasteiger partial charge in [0, 0.05) is 6.20 Å². The molecule has 2 aromatic heterocycles. The molecule has 0 unspecified atom stereocenters. The van der Waals surface area contributed by atoms with Crippen LogP contribution in [0.15, 0.2) is 67.4 Å². The zero-order chi connectivity index (χ0) is 15.9. The number of benzene rings is 1. The molecule has 23 heavy (non-hydrogen) atoms. The number of nitrogens with zero attached hydrogens (tertiary/aromatic N) is 4. The van der Waals surface area contributed by atoms with Crippen molar-refractivity contribution >= 4 is 12.0 Å². The Morgan fingerprint density at radius 3 is 2.74 bits per heavy atom. The van der Waals surface area contributed by atoms with E-state index in [9.17, 15) is 4.79 Å². The average molecular weight is 306 g/mol. The zero-order valence-electron chi connectivity index (χ0n) is 12.2. The highest BCUT2D eigenvalue weighted by Gasteiger charge is 2.07. The summed E-state index contributed by atoms with van der Waals surface area (Å²) >= 11 is 0. The smallest absolute Gasteiger partial charge is 0.340 e. The summed E-state index contributed by atoms with van der Waals surface area (Å²) in [5.41, 5.74) is 1.45. The Balaban J connectivity index is 1.55. The Hall–Kier alpha value is -3.28. The van der Waals surface area contributed by atoms with Gasteiger partial charge in [0.05, 0.1) is 5.56 Å². The SMILES string of the molecule is O=C(OCC=Cc1ccccc1)c1ccc(-n2cncn2)nc1. The third-order valence-corrected chi connectivity index (χ3v) is 3.06. The van der Waals surface area contributed by atoms with E-state index < -0.39 is 5.97 Å². The van der Waals surface area contributed by atoms with Crippen LogP contribution in [-0.4, -0.2) is 32.3 Å². The fraction of sp³-hybridized carbons (Fsp3) is 0.0588. The summed E-state index contributed by atoms with van der Waals surface area (Å²) in [6.07, 6.45) is 8.11. The third kappa shape index (κ3) is 3.88. The van der Waals surface area contributed by atoms with E-state index in [1.54, 1.807) is 18.2 Å². The minimum Gasteiger partial charge on any atom is -0.458 e. The standard InChI is InChI=1S/C17H14N4O2/c22-17(23-10-4-7-14-5-2-1-3-6-14)15-8-9-16(19-11-15)21-13-18-12-20-21/h1-9,11-13H,10H2. The second kappa shape index (κ2) is 7.13. The fourth-order valence-electron chi connectivity index (χ4n) is 1.92. The molecule has 6 nitrogen and oxygen atoms in total. The number of hydrogen-bond donors (Lipinski definition) is 0. The Bertz CT molecular complexity index is 781. The number of carbonyl (C=O) groups is 1. The monoisotopic (exact) mass is 306 g/mol. The van der Waals surface area contributed by atoms with Gasteiger partial charge in [-0.05, 0) is 23.8 Å². The van der Waals surface area contributed by atoms with Crippen LogP contribution in [0.25, 0.3) is 11.9 Å². The normalized spacial score (nSPS) is 10.8. The molecule has 0 radical (unpaired) electrons. The molecule has 2 heterocycles. The summed E-state index contributed by atoms with van der Waals surface area (Å²) in [4.78, 5) is 19.9. The Kier molecular flexibility index (Phi) is 4.54. The number of ether oxygens (including phenoxy) is 1. The molecule has 0 aliphatic rings. The summed E-state index contributed by atoms with van der Waals surface area (Å²) in [5, 5.41) is 3.97. The lowest BCUT2D eigenvalue weighted by atomic mass is 10.2. The molecular weight excluding hydrogens is 292 g/mol. The van der Waals surface area contributed by atoms with Gasteiger partial charge >= 0.3 is 5.97 Å². The molecule has 3 aromatic rings. The summed E-state index contributed by atoms with van der Waals surface area (Å²) in [6.45, 7) is 0.207. The van der Waals surface area contributed by atoms with Crippen molar-refractivity contribution in [1.82, 2.24) is 19.7 Å². The molecular formula is C17H14N4O2. The lowest BCUT2D eigenvalue weighted by Crippen LogP contribution is -2.07. The quantitative estimate of drug-likeness (QED) is 0.677. The third-order valence-electron chi connectivity index (χ3n) is 3.06. The van der Waals surface area contributed by atoms with Crippen LogP contribution in [0.3, 0.4) is 0 Å². The molecule has 0 N–H and O–H groups in total. The first kappa shape index (κ1) is 14.6. The predicted molar refractivity (Wildman–Crippen MR) is 84.9 cm³/mol. The van der Waals surface area contributed by atoms with Crippen molar-refractivity contribution in [3.63, 3.8) is 0 Å². The summed E-state index contributed by atoms with van der Waals surface area (Å²) in [6, 6.07) is 13.1. The molecule has 3 rings (SSSR count). The zero-order valence-corrected chi connectivity index (χ0v) is 12.2. The molecule has 0 bridgehead atoms. The summed E-state index contributed by atoms with van der Waals surface area (Å²) < 4.78 is 6.69. The molecule has 0 atom stereocenters. The van der Waals surface area contributed by atoms with E-state index in [1.165, 1.54) is 23.5 Å². The number of pyridine rings is 1. The van der Waals surface area contributed by atoms with Crippen molar-refractivity contribution in [2.75, 3.05) is 6.61 Å². The largest absolute Gasteiger partial charge is 0.458 e. The van der Waals surface area contributed by atoms with Crippen molar-refractivity contribution < 1.29 is 9.53 Å². The lowest BCUT2D eigenvalue weighted by Gasteiger charge is -2.03. The van der Waals surface area contributed by atoms with Crippen LogP contribution in [0.4, 0.5) is 0 Å². The summed E-state index contributed by atoms with van der Waals surface area (Å²) in [5.74, 6) is 0.170. The maximum absolute atomic E-state index is 11.9. The minimum atomic E-state index is -0.416. The van der Waals surface area contributed by atoms with E-state index in [0.29, 0.717) is 11.4 Å². The van der Waals surface area contributed by atoms with Crippen molar-refractivity contribution in [3.05, 3.63) is 78.5 Å². The maximum atomic E-state index is 11.9. The Labute approximate surface area is 133 Å². The van der Waals surface area contributed by atoms with Crippen LogP contribution in [0.1, 0.15) is 15.9 Å². The number of aromatic nitrogens is 4. The van der Waals surface area contributed by atoms with Gasteiger partial charge in [0.25, 0.3) is 0 Å². The first-order valence-corrected chi connectivity index (χ1v) is 7.03. The number of hydrogen-bond acceptors (Lipinski definition) is 5. The highest BCUT2D eigenvalue weighted by Crippen LogP contribution is 2.06. The van der Waals surface area contributed by atoms with Crippen LogP contribution >= 0.6 is 0 Å². The Morgan fingerprint density at radius 2 is 2.04 bits per heavy atom. The first-order valence-electron chi connectivity index (χ1n) is 7.03. The van der Waals surface area contributed by atoms with Gasteiger partial charge < -0.3 is 4.74 Å². The first-order chi connectivity index (χ1) is 11.3. The highest BCUT2D eigenvalue weighted by molar-refractivity contribution is 5.89. The second-order valence-corrected chi connectivity index (χ2v) is 4.66. The van der Waals surface area contributed by atoms with Crippen LogP contribution in [0.2, 0.25) is 0 Å². The molecule has 6 heteroatoms. The number of rotatable bonds is 5. The molecule has 1 aromatic carbocycles. The predicted octanol–water partition coefficient (Wildman–Crippen LogP) is 2.53. The van der Waals surface area contributed by atoms with E-state index in [4.69, 9.17) is 4.74 Å². The second-order valence-electron chi connectivity index (χ2n) is 4.66. The van der Waals surface area contributed by atoms with Gasteiger partial charge in [0.15, 0.2) is 5.82 Å². The van der Waals surface area contributed by atoms with Crippen LogP contribution in [0, 0.1) is 0 Å². The molecule has 114 valence electrons. The maximum Gasteiger partial charge on any atom is 0.340 e. The van der Waals surface area contributed by atoms with E-state index >= 15 is 0 Å². The van der Waals surface area contributed by atoms with Gasteiger partial charge in [-0.2, -0.15) is 5.10 Å². The Morgan fingerprint density at radius 1 is 1.17 bits per heavy atom. The highest BCUT2D eigenvalue weighted by atomic mass is 16.5. The van der Waals surface area contributed by atoms with E-state index in [-0.39, 0.29) is 6.61 Å². The van der Waals surface area contributed by atoms with Crippen molar-refractivity contribution in [2.45, 2.75) is 0 Å². The fourth-order valence-corrected chi connectivity index (χ4v) is 1.92. The van der Waals surface area contributed by atoms with E-state index in [0.717, 1.165) is 5.56 Å². The molecule has 0 fully saturated rings. The lowest BCUT2D eigenvalue weighted by molar-refractivity contribution is 0.0549. The van der Waals surface area contributed by atoms with Crippen LogP contribution in [0.5, 0.6) is 0 Å². The van der Waals surface area contributed by atoms with Gasteiger partial charge in [-0.1, -0.05) is 36.4 Å². The van der Waals surface area contributed by atoms with Gasteiger partial charge in [0.1, 0.15) is 19.3 Å². The number of carbonyl (C=O) groups excluding carboxylic acids is 1. The van der Waals surface area contributed by atoms with E-state index in [2.05, 4.69) is 15.1 Å². The minimum absolute atomic E-state index is 0.207. The molecule has 0 amide bonds. The summed E-state index contributed by atoms with van der Waals surface area (Å²) in [7, 11) is 0. The van der Waals surface area contributed by atoms with E-state index in [1.807, 2.05) is 36.4 Å². The van der Waals surface area contributed by atoms with Crippen molar-refractivity contribution in [1.29, 1.82) is 0 Å². The number of esters is 1. The molecule has 0 saturated carbocycles. The molecule has 0 saturated heterocycles. The van der Waals surface area contributed by atoms with Crippen LogP contribution < -0.4 is 0 Å². The molecule has 0 aliphatic heterocycles. The van der Waals surface area contributed by atoms with Gasteiger partial charge in [-0.3, -0.25) is 0 Å². The van der Waals surface area contributed by atoms with Crippen molar-refractivity contribution in [2.24, 2.45) is 0 Å². The average Bonchev–Trinajstić information content (AvgIpc) is 3.14. The topological polar surface area (TPSA) is 69.9 Å². The molecule has 0 spiro atoms. The van der Waals surface area contributed by atoms with Gasteiger partial charge in [-0.25, -0.2) is 19.4 Å². The van der Waals surface area contributed by atoms with Gasteiger partial charge in [-0.15, -0.1) is 0 Å². The van der Waals surface area contributed by atoms with Crippen molar-refractivity contribution in [3.8, 4) is 5.82 Å². The van der Waals surface area contributed by atoms with Gasteiger partial charge in [0.2, 0.25) is 0 Å². The molecule has 0 aliphatic carbocycles. The van der Waals surface area contributed by atoms with Crippen LogP contribution in [-0.2, 0) is 4.74 Å².